The van der Waals surface area contributed by atoms with E-state index >= 15 is 0 Å². The first-order valence-corrected chi connectivity index (χ1v) is 11.8. The third kappa shape index (κ3) is 5.78. The smallest absolute Gasteiger partial charge is 0.295 e. The lowest BCUT2D eigenvalue weighted by molar-refractivity contribution is -0.140. The SMILES string of the molecule is CCCOc1ccc(C2/C(=C(/O)c3cccc(OCCC)c3)C(=O)C(=O)N2CCN(C)C)cc1. The molecular weight excluding hydrogens is 432 g/mol. The van der Waals surface area contributed by atoms with Gasteiger partial charge < -0.3 is 24.4 Å². The first kappa shape index (κ1) is 25.3. The summed E-state index contributed by atoms with van der Waals surface area (Å²) in [7, 11) is 3.82. The fraction of sp³-hybridized carbons (Fsp3) is 0.407. The number of amides is 1. The first-order chi connectivity index (χ1) is 16.4. The van der Waals surface area contributed by atoms with E-state index in [0.717, 1.165) is 24.2 Å². The molecule has 1 amide bonds. The van der Waals surface area contributed by atoms with Crippen LogP contribution in [0.4, 0.5) is 0 Å². The molecule has 1 saturated heterocycles. The Labute approximate surface area is 201 Å². The first-order valence-electron chi connectivity index (χ1n) is 11.8. The topological polar surface area (TPSA) is 79.3 Å². The molecule has 1 fully saturated rings. The maximum Gasteiger partial charge on any atom is 0.295 e. The van der Waals surface area contributed by atoms with Crippen LogP contribution in [0.1, 0.15) is 43.9 Å². The number of rotatable bonds is 11. The van der Waals surface area contributed by atoms with Gasteiger partial charge in [0.15, 0.2) is 0 Å². The standard InChI is InChI=1S/C27H34N2O5/c1-5-16-33-21-12-10-19(11-13-21)24-23(26(31)27(32)29(24)15-14-28(3)4)25(30)20-8-7-9-22(18-20)34-17-6-2/h7-13,18,24,30H,5-6,14-17H2,1-4H3/b25-23-. The van der Waals surface area contributed by atoms with Gasteiger partial charge in [0.25, 0.3) is 11.7 Å². The highest BCUT2D eigenvalue weighted by atomic mass is 16.5. The maximum atomic E-state index is 13.1. The number of aliphatic hydroxyl groups is 1. The summed E-state index contributed by atoms with van der Waals surface area (Å²) >= 11 is 0. The molecule has 3 rings (SSSR count). The minimum Gasteiger partial charge on any atom is -0.507 e. The van der Waals surface area contributed by atoms with Gasteiger partial charge in [-0.2, -0.15) is 0 Å². The summed E-state index contributed by atoms with van der Waals surface area (Å²) in [4.78, 5) is 29.7. The molecule has 0 saturated carbocycles. The van der Waals surface area contributed by atoms with Crippen molar-refractivity contribution in [3.8, 4) is 11.5 Å². The molecule has 1 heterocycles. The van der Waals surface area contributed by atoms with Crippen molar-refractivity contribution >= 4 is 17.4 Å². The predicted molar refractivity (Wildman–Crippen MR) is 132 cm³/mol. The van der Waals surface area contributed by atoms with E-state index < -0.39 is 17.7 Å². The molecule has 182 valence electrons. The van der Waals surface area contributed by atoms with Crippen molar-refractivity contribution in [3.05, 3.63) is 65.2 Å². The molecule has 7 heteroatoms. The second kappa shape index (κ2) is 11.7. The van der Waals surface area contributed by atoms with Crippen LogP contribution in [0.15, 0.2) is 54.1 Å². The summed E-state index contributed by atoms with van der Waals surface area (Å²) in [6.45, 7) is 6.14. The van der Waals surface area contributed by atoms with Crippen molar-refractivity contribution in [3.63, 3.8) is 0 Å². The highest BCUT2D eigenvalue weighted by Gasteiger charge is 2.45. The number of hydrogen-bond donors (Lipinski definition) is 1. The number of carbonyl (C=O) groups excluding carboxylic acids is 2. The number of Topliss-reactive ketones (excluding diaryl/α,β-unsaturated/α-hetero) is 1. The molecule has 0 spiro atoms. The average Bonchev–Trinajstić information content (AvgIpc) is 3.09. The molecule has 1 aliphatic heterocycles. The van der Waals surface area contributed by atoms with Gasteiger partial charge in [-0.1, -0.05) is 38.1 Å². The summed E-state index contributed by atoms with van der Waals surface area (Å²) in [5.74, 6) is -0.187. The fourth-order valence-electron chi connectivity index (χ4n) is 3.84. The van der Waals surface area contributed by atoms with E-state index in [-0.39, 0.29) is 11.3 Å². The van der Waals surface area contributed by atoms with E-state index in [1.54, 1.807) is 24.3 Å². The van der Waals surface area contributed by atoms with Gasteiger partial charge in [0.05, 0.1) is 24.8 Å². The molecule has 0 aromatic heterocycles. The molecule has 34 heavy (non-hydrogen) atoms. The van der Waals surface area contributed by atoms with Gasteiger partial charge in [0.2, 0.25) is 0 Å². The summed E-state index contributed by atoms with van der Waals surface area (Å²) in [5, 5.41) is 11.2. The molecule has 7 nitrogen and oxygen atoms in total. The van der Waals surface area contributed by atoms with Crippen LogP contribution in [0, 0.1) is 0 Å². The van der Waals surface area contributed by atoms with Crippen LogP contribution in [0.25, 0.3) is 5.76 Å². The lowest BCUT2D eigenvalue weighted by Gasteiger charge is -2.26. The zero-order chi connectivity index (χ0) is 24.7. The second-order valence-corrected chi connectivity index (χ2v) is 8.59. The van der Waals surface area contributed by atoms with Gasteiger partial charge in [-0.3, -0.25) is 9.59 Å². The van der Waals surface area contributed by atoms with Crippen LogP contribution in [0.5, 0.6) is 11.5 Å². The molecule has 1 atom stereocenters. The Hall–Kier alpha value is -3.32. The minimum absolute atomic E-state index is 0.0821. The minimum atomic E-state index is -0.694. The van der Waals surface area contributed by atoms with Crippen LogP contribution in [-0.2, 0) is 9.59 Å². The fourth-order valence-corrected chi connectivity index (χ4v) is 3.84. The quantitative estimate of drug-likeness (QED) is 0.303. The number of nitrogens with zero attached hydrogens (tertiary/aromatic N) is 2. The third-order valence-corrected chi connectivity index (χ3v) is 5.58. The third-order valence-electron chi connectivity index (χ3n) is 5.58. The van der Waals surface area contributed by atoms with Crippen LogP contribution in [0.3, 0.4) is 0 Å². The number of aliphatic hydroxyl groups excluding tert-OH is 1. The van der Waals surface area contributed by atoms with Crippen molar-refractivity contribution in [2.75, 3.05) is 40.4 Å². The Morgan fingerprint density at radius 2 is 1.62 bits per heavy atom. The lowest BCUT2D eigenvalue weighted by atomic mass is 9.95. The second-order valence-electron chi connectivity index (χ2n) is 8.59. The molecule has 1 unspecified atom stereocenters. The Bertz CT molecular complexity index is 1030. The zero-order valence-corrected chi connectivity index (χ0v) is 20.4. The predicted octanol–water partition coefficient (Wildman–Crippen LogP) is 4.25. The van der Waals surface area contributed by atoms with Crippen LogP contribution in [0.2, 0.25) is 0 Å². The van der Waals surface area contributed by atoms with E-state index in [2.05, 4.69) is 0 Å². The van der Waals surface area contributed by atoms with Crippen molar-refractivity contribution in [2.45, 2.75) is 32.7 Å². The Balaban J connectivity index is 2.05. The summed E-state index contributed by atoms with van der Waals surface area (Å²) in [6.07, 6.45) is 1.75. The van der Waals surface area contributed by atoms with Gasteiger partial charge in [0.1, 0.15) is 17.3 Å². The van der Waals surface area contributed by atoms with Crippen molar-refractivity contribution < 1.29 is 24.2 Å². The van der Waals surface area contributed by atoms with Crippen molar-refractivity contribution in [1.29, 1.82) is 0 Å². The summed E-state index contributed by atoms with van der Waals surface area (Å²) in [6, 6.07) is 13.6. The van der Waals surface area contributed by atoms with Crippen molar-refractivity contribution in [1.82, 2.24) is 9.80 Å². The highest BCUT2D eigenvalue weighted by molar-refractivity contribution is 6.46. The molecule has 0 bridgehead atoms. The van der Waals surface area contributed by atoms with E-state index in [1.807, 2.05) is 57.1 Å². The zero-order valence-electron chi connectivity index (χ0n) is 20.4. The molecule has 2 aromatic rings. The largest absolute Gasteiger partial charge is 0.507 e. The molecule has 1 N–H and O–H groups in total. The number of ether oxygens (including phenoxy) is 2. The van der Waals surface area contributed by atoms with Crippen LogP contribution >= 0.6 is 0 Å². The number of ketones is 1. The lowest BCUT2D eigenvalue weighted by Crippen LogP contribution is -2.35. The number of benzene rings is 2. The maximum absolute atomic E-state index is 13.1. The number of hydrogen-bond acceptors (Lipinski definition) is 6. The molecule has 1 aliphatic rings. The Morgan fingerprint density at radius 1 is 0.971 bits per heavy atom. The van der Waals surface area contributed by atoms with Crippen molar-refractivity contribution in [2.24, 2.45) is 0 Å². The van der Waals surface area contributed by atoms with Gasteiger partial charge in [-0.15, -0.1) is 0 Å². The Morgan fingerprint density at radius 3 is 2.24 bits per heavy atom. The summed E-state index contributed by atoms with van der Waals surface area (Å²) in [5.41, 5.74) is 1.26. The number of likely N-dealkylation sites (tertiary alicyclic amines) is 1. The van der Waals surface area contributed by atoms with Crippen LogP contribution < -0.4 is 9.47 Å². The van der Waals surface area contributed by atoms with Gasteiger partial charge >= 0.3 is 0 Å². The van der Waals surface area contributed by atoms with Gasteiger partial charge in [-0.05, 0) is 56.8 Å². The van der Waals surface area contributed by atoms with E-state index in [4.69, 9.17) is 9.47 Å². The van der Waals surface area contributed by atoms with E-state index in [9.17, 15) is 14.7 Å². The monoisotopic (exact) mass is 466 g/mol. The number of likely N-dealkylation sites (N-methyl/N-ethyl adjacent to an activating group) is 1. The van der Waals surface area contributed by atoms with Crippen LogP contribution in [-0.4, -0.2) is 67.0 Å². The molecule has 0 aliphatic carbocycles. The van der Waals surface area contributed by atoms with E-state index in [1.165, 1.54) is 4.90 Å². The molecule has 2 aromatic carbocycles. The van der Waals surface area contributed by atoms with Gasteiger partial charge in [-0.25, -0.2) is 0 Å². The summed E-state index contributed by atoms with van der Waals surface area (Å²) < 4.78 is 11.4. The Kier molecular flexibility index (Phi) is 8.71. The normalized spacial score (nSPS) is 17.4. The van der Waals surface area contributed by atoms with Gasteiger partial charge in [0, 0.05) is 18.7 Å². The number of carbonyl (C=O) groups is 2. The molecule has 0 radical (unpaired) electrons. The average molecular weight is 467 g/mol. The van der Waals surface area contributed by atoms with E-state index in [0.29, 0.717) is 37.6 Å². The molecular formula is C27H34N2O5. The highest BCUT2D eigenvalue weighted by Crippen LogP contribution is 2.40.